The third-order valence-electron chi connectivity index (χ3n) is 6.50. The van der Waals surface area contributed by atoms with E-state index in [0.29, 0.717) is 0 Å². The van der Waals surface area contributed by atoms with Gasteiger partial charge in [-0.15, -0.1) is 0 Å². The van der Waals surface area contributed by atoms with E-state index in [-0.39, 0.29) is 11.8 Å². The first kappa shape index (κ1) is 14.2. The van der Waals surface area contributed by atoms with Gasteiger partial charge in [-0.2, -0.15) is 10.5 Å². The van der Waals surface area contributed by atoms with Crippen LogP contribution in [0.2, 0.25) is 0 Å². The first-order valence-electron chi connectivity index (χ1n) is 8.25. The van der Waals surface area contributed by atoms with Crippen molar-refractivity contribution >= 4 is 17.4 Å². The van der Waals surface area contributed by atoms with E-state index in [2.05, 4.69) is 23.5 Å². The Morgan fingerprint density at radius 1 is 0.920 bits per heavy atom. The first-order valence-corrected chi connectivity index (χ1v) is 8.25. The molecule has 0 radical (unpaired) electrons. The fraction of sp³-hybridized carbons (Fsp3) is 0.300. The highest BCUT2D eigenvalue weighted by molar-refractivity contribution is 6.14. The minimum atomic E-state index is -1.65. The Labute approximate surface area is 144 Å². The summed E-state index contributed by atoms with van der Waals surface area (Å²) in [5, 5.41) is 22.2. The summed E-state index contributed by atoms with van der Waals surface area (Å²) in [6.45, 7) is 0. The zero-order chi connectivity index (χ0) is 17.4. The minimum Gasteiger partial charge on any atom is -0.293 e. The summed E-state index contributed by atoms with van der Waals surface area (Å²) in [5.74, 6) is -2.19. The van der Waals surface area contributed by atoms with E-state index in [1.54, 1.807) is 0 Å². The summed E-state index contributed by atoms with van der Waals surface area (Å²) in [5.41, 5.74) is -1.12. The van der Waals surface area contributed by atoms with Crippen LogP contribution in [0.25, 0.3) is 5.57 Å². The molecule has 5 nitrogen and oxygen atoms in total. The number of nitrogens with zero attached hydrogens (tertiary/aromatic N) is 2. The second-order valence-electron chi connectivity index (χ2n) is 7.15. The summed E-state index contributed by atoms with van der Waals surface area (Å²) < 4.78 is 0. The van der Waals surface area contributed by atoms with Gasteiger partial charge in [0.05, 0.1) is 12.1 Å². The van der Waals surface area contributed by atoms with Gasteiger partial charge in [0.1, 0.15) is 0 Å². The Morgan fingerprint density at radius 3 is 2.16 bits per heavy atom. The molecule has 1 aromatic rings. The molecule has 1 saturated heterocycles. The summed E-state index contributed by atoms with van der Waals surface area (Å²) in [7, 11) is 0. The van der Waals surface area contributed by atoms with Crippen molar-refractivity contribution in [1.29, 1.82) is 10.5 Å². The van der Waals surface area contributed by atoms with Gasteiger partial charge in [-0.3, -0.25) is 14.9 Å². The molecule has 6 atom stereocenters. The van der Waals surface area contributed by atoms with Crippen LogP contribution in [0, 0.1) is 57.2 Å². The van der Waals surface area contributed by atoms with Gasteiger partial charge < -0.3 is 0 Å². The fourth-order valence-electron chi connectivity index (χ4n) is 5.44. The first-order chi connectivity index (χ1) is 12.1. The summed E-state index contributed by atoms with van der Waals surface area (Å²) in [6, 6.07) is 14.0. The van der Waals surface area contributed by atoms with Crippen molar-refractivity contribution < 1.29 is 9.59 Å². The third-order valence-corrected chi connectivity index (χ3v) is 6.50. The predicted octanol–water partition coefficient (Wildman–Crippen LogP) is 1.81. The highest BCUT2D eigenvalue weighted by Crippen LogP contribution is 2.71. The van der Waals surface area contributed by atoms with Gasteiger partial charge >= 0.3 is 0 Å². The summed E-state index contributed by atoms with van der Waals surface area (Å²) in [4.78, 5) is 25.3. The number of allylic oxidation sites excluding steroid dienone is 4. The monoisotopic (exact) mass is 327 g/mol. The molecule has 5 heteroatoms. The lowest BCUT2D eigenvalue weighted by Gasteiger charge is -2.60. The Kier molecular flexibility index (Phi) is 2.42. The molecule has 1 saturated carbocycles. The molecule has 0 unspecified atom stereocenters. The molecular formula is C20H13N3O2. The number of carbonyl (C=O) groups excluding carboxylic acids is 2. The number of nitrogens with one attached hydrogen (secondary N) is 1. The molecule has 120 valence electrons. The van der Waals surface area contributed by atoms with Gasteiger partial charge in [0.15, 0.2) is 10.8 Å². The number of hydrogen-bond donors (Lipinski definition) is 1. The Bertz CT molecular complexity index is 980. The second-order valence-corrected chi connectivity index (χ2v) is 7.15. The largest absolute Gasteiger partial charge is 0.293 e. The van der Waals surface area contributed by atoms with Crippen molar-refractivity contribution in [2.75, 3.05) is 0 Å². The molecule has 1 aromatic carbocycles. The smallest absolute Gasteiger partial charge is 0.249 e. The van der Waals surface area contributed by atoms with Crippen molar-refractivity contribution in [2.45, 2.75) is 0 Å². The van der Waals surface area contributed by atoms with Crippen molar-refractivity contribution in [3.8, 4) is 12.1 Å². The zero-order valence-electron chi connectivity index (χ0n) is 13.1. The zero-order valence-corrected chi connectivity index (χ0v) is 13.1. The molecule has 25 heavy (non-hydrogen) atoms. The average Bonchev–Trinajstić information content (AvgIpc) is 2.85. The number of amides is 2. The Hall–Kier alpha value is -3.18. The lowest BCUT2D eigenvalue weighted by molar-refractivity contribution is -0.142. The van der Waals surface area contributed by atoms with Gasteiger partial charge in [0, 0.05) is 11.8 Å². The van der Waals surface area contributed by atoms with Gasteiger partial charge in [-0.25, -0.2) is 0 Å². The van der Waals surface area contributed by atoms with E-state index < -0.39 is 34.5 Å². The minimum absolute atomic E-state index is 0.00276. The van der Waals surface area contributed by atoms with Crippen LogP contribution in [0.5, 0.6) is 0 Å². The van der Waals surface area contributed by atoms with Crippen molar-refractivity contribution in [3.63, 3.8) is 0 Å². The van der Waals surface area contributed by atoms with Crippen LogP contribution >= 0.6 is 0 Å². The average molecular weight is 327 g/mol. The number of imide groups is 1. The molecule has 2 bridgehead atoms. The molecule has 2 amide bonds. The topological polar surface area (TPSA) is 93.8 Å². The molecule has 6 rings (SSSR count). The standard InChI is InChI=1S/C20H13N3O2/c21-9-19-14-6-7-15(20(19,10-22)18(25)23-17(19)24)16-12(8-13(14)16)11-4-2-1-3-5-11/h1-8,13-16H,(H,23,24,25)/t13-,14-,15-,16+,19-,20-/m0/s1. The quantitative estimate of drug-likeness (QED) is 0.629. The van der Waals surface area contributed by atoms with Crippen molar-refractivity contribution in [1.82, 2.24) is 5.32 Å². The van der Waals surface area contributed by atoms with Crippen LogP contribution in [0.3, 0.4) is 0 Å². The Morgan fingerprint density at radius 2 is 1.52 bits per heavy atom. The summed E-state index contributed by atoms with van der Waals surface area (Å²) in [6.07, 6.45) is 5.83. The molecule has 4 aliphatic carbocycles. The van der Waals surface area contributed by atoms with Gasteiger partial charge in [0.25, 0.3) is 0 Å². The lowest BCUT2D eigenvalue weighted by Crippen LogP contribution is -2.64. The molecule has 0 spiro atoms. The fourth-order valence-corrected chi connectivity index (χ4v) is 5.44. The van der Waals surface area contributed by atoms with Crippen LogP contribution in [-0.4, -0.2) is 11.8 Å². The van der Waals surface area contributed by atoms with E-state index in [4.69, 9.17) is 0 Å². The van der Waals surface area contributed by atoms with Crippen molar-refractivity contribution in [3.05, 3.63) is 54.1 Å². The maximum Gasteiger partial charge on any atom is 0.249 e. The molecule has 0 aromatic heterocycles. The lowest BCUT2D eigenvalue weighted by atomic mass is 9.37. The highest BCUT2D eigenvalue weighted by atomic mass is 16.2. The molecular weight excluding hydrogens is 314 g/mol. The number of carbonyl (C=O) groups is 2. The number of nitriles is 2. The number of rotatable bonds is 1. The molecule has 1 heterocycles. The Balaban J connectivity index is 1.74. The van der Waals surface area contributed by atoms with E-state index in [9.17, 15) is 20.1 Å². The normalized spacial score (nSPS) is 42.4. The number of hydrogen-bond acceptors (Lipinski definition) is 4. The van der Waals surface area contributed by atoms with Crippen LogP contribution in [-0.2, 0) is 9.59 Å². The van der Waals surface area contributed by atoms with E-state index in [1.165, 1.54) is 0 Å². The molecule has 1 aliphatic heterocycles. The van der Waals surface area contributed by atoms with E-state index >= 15 is 0 Å². The number of benzene rings is 1. The third kappa shape index (κ3) is 1.25. The van der Waals surface area contributed by atoms with Crippen LogP contribution in [0.15, 0.2) is 48.6 Å². The molecule has 5 aliphatic rings. The summed E-state index contributed by atoms with van der Waals surface area (Å²) >= 11 is 0. The highest BCUT2D eigenvalue weighted by Gasteiger charge is 2.80. The van der Waals surface area contributed by atoms with Crippen LogP contribution in [0.1, 0.15) is 5.56 Å². The maximum absolute atomic E-state index is 12.7. The molecule has 2 fully saturated rings. The van der Waals surface area contributed by atoms with Gasteiger partial charge in [-0.05, 0) is 23.0 Å². The van der Waals surface area contributed by atoms with E-state index in [0.717, 1.165) is 11.1 Å². The van der Waals surface area contributed by atoms with Gasteiger partial charge in [0.2, 0.25) is 11.8 Å². The molecule has 1 N–H and O–H groups in total. The van der Waals surface area contributed by atoms with E-state index in [1.807, 2.05) is 42.5 Å². The predicted molar refractivity (Wildman–Crippen MR) is 86.8 cm³/mol. The SMILES string of the molecule is N#C[C@]12C(=O)NC(=O)[C@]1(C#N)[C@H]1C=C[C@H]2[C@@H]2C=C(c3ccccc3)[C@H]21. The van der Waals surface area contributed by atoms with Gasteiger partial charge in [-0.1, -0.05) is 48.6 Å². The second kappa shape index (κ2) is 4.26. The van der Waals surface area contributed by atoms with Crippen LogP contribution < -0.4 is 5.32 Å². The maximum atomic E-state index is 12.7. The van der Waals surface area contributed by atoms with Crippen LogP contribution in [0.4, 0.5) is 0 Å². The van der Waals surface area contributed by atoms with Crippen molar-refractivity contribution in [2.24, 2.45) is 34.5 Å².